The van der Waals surface area contributed by atoms with Crippen LogP contribution in [0.2, 0.25) is 0 Å². The zero-order chi connectivity index (χ0) is 19.9. The highest BCUT2D eigenvalue weighted by molar-refractivity contribution is 5.82. The van der Waals surface area contributed by atoms with Crippen molar-refractivity contribution in [2.45, 2.75) is 63.5 Å². The average Bonchev–Trinajstić information content (AvgIpc) is 3.28. The predicted molar refractivity (Wildman–Crippen MR) is 107 cm³/mol. The van der Waals surface area contributed by atoms with Gasteiger partial charge >= 0.3 is 0 Å². The fraction of sp³-hybridized carbons (Fsp3) is 0.810. The third-order valence-electron chi connectivity index (χ3n) is 5.94. The summed E-state index contributed by atoms with van der Waals surface area (Å²) in [6, 6.07) is -0.135. The Kier molecular flexibility index (Phi) is 8.29. The summed E-state index contributed by atoms with van der Waals surface area (Å²) in [6.07, 6.45) is 10.6. The van der Waals surface area contributed by atoms with Gasteiger partial charge in [-0.3, -0.25) is 14.5 Å². The lowest BCUT2D eigenvalue weighted by molar-refractivity contribution is -0.139. The van der Waals surface area contributed by atoms with Gasteiger partial charge in [-0.25, -0.2) is 0 Å². The second-order valence-electron chi connectivity index (χ2n) is 8.26. The molecule has 0 bridgehead atoms. The number of amides is 2. The van der Waals surface area contributed by atoms with E-state index in [2.05, 4.69) is 24.4 Å². The van der Waals surface area contributed by atoms with E-state index in [0.717, 1.165) is 45.1 Å². The highest BCUT2D eigenvalue weighted by Crippen LogP contribution is 2.32. The fourth-order valence-electron chi connectivity index (χ4n) is 4.45. The maximum Gasteiger partial charge on any atom is 0.237 e. The van der Waals surface area contributed by atoms with E-state index < -0.39 is 5.54 Å². The molecule has 3 atom stereocenters. The lowest BCUT2D eigenvalue weighted by Gasteiger charge is -2.39. The van der Waals surface area contributed by atoms with Crippen molar-refractivity contribution in [1.82, 2.24) is 15.1 Å². The molecule has 0 aromatic rings. The van der Waals surface area contributed by atoms with Crippen molar-refractivity contribution in [1.29, 1.82) is 0 Å². The molecule has 3 unspecified atom stereocenters. The van der Waals surface area contributed by atoms with Crippen LogP contribution >= 0.6 is 0 Å². The summed E-state index contributed by atoms with van der Waals surface area (Å²) in [5.74, 6) is 0.582. The smallest absolute Gasteiger partial charge is 0.237 e. The van der Waals surface area contributed by atoms with E-state index in [1.165, 1.54) is 0 Å². The average molecular weight is 380 g/mol. The van der Waals surface area contributed by atoms with Gasteiger partial charge in [-0.15, -0.1) is 0 Å². The van der Waals surface area contributed by atoms with E-state index in [9.17, 15) is 9.59 Å². The van der Waals surface area contributed by atoms with E-state index >= 15 is 0 Å². The van der Waals surface area contributed by atoms with Crippen LogP contribution in [0, 0.1) is 5.92 Å². The predicted octanol–water partition coefficient (Wildman–Crippen LogP) is 2.20. The number of nitrogens with one attached hydrogen (secondary N) is 1. The molecule has 2 rings (SSSR count). The number of likely N-dealkylation sites (N-methyl/N-ethyl adjacent to an activating group) is 1. The van der Waals surface area contributed by atoms with Crippen molar-refractivity contribution < 1.29 is 14.3 Å². The Hall–Kier alpha value is -1.40. The first-order valence-corrected chi connectivity index (χ1v) is 10.3. The maximum absolute atomic E-state index is 13.0. The molecular formula is C21H37N3O3. The summed E-state index contributed by atoms with van der Waals surface area (Å²) in [4.78, 5) is 29.7. The van der Waals surface area contributed by atoms with Gasteiger partial charge in [0, 0.05) is 26.6 Å². The number of methoxy groups -OCH3 is 1. The van der Waals surface area contributed by atoms with Crippen molar-refractivity contribution in [3.63, 3.8) is 0 Å². The van der Waals surface area contributed by atoms with Crippen molar-refractivity contribution in [2.24, 2.45) is 5.92 Å². The second kappa shape index (κ2) is 10.2. The summed E-state index contributed by atoms with van der Waals surface area (Å²) < 4.78 is 5.50. The maximum atomic E-state index is 13.0. The fourth-order valence-corrected chi connectivity index (χ4v) is 4.45. The van der Waals surface area contributed by atoms with Gasteiger partial charge in [0.2, 0.25) is 11.8 Å². The molecule has 27 heavy (non-hydrogen) atoms. The molecule has 1 aliphatic heterocycles. The molecule has 1 saturated heterocycles. The third kappa shape index (κ3) is 5.55. The van der Waals surface area contributed by atoms with Crippen LogP contribution < -0.4 is 5.32 Å². The molecule has 6 nitrogen and oxygen atoms in total. The minimum Gasteiger partial charge on any atom is -0.382 e. The third-order valence-corrected chi connectivity index (χ3v) is 5.94. The molecular weight excluding hydrogens is 342 g/mol. The first kappa shape index (κ1) is 21.9. The number of hydrogen-bond donors (Lipinski definition) is 1. The largest absolute Gasteiger partial charge is 0.382 e. The topological polar surface area (TPSA) is 61.9 Å². The summed E-state index contributed by atoms with van der Waals surface area (Å²) in [7, 11) is 5.54. The molecule has 2 aliphatic rings. The Labute approximate surface area is 164 Å². The number of ether oxygens (including phenoxy) is 1. The van der Waals surface area contributed by atoms with Gasteiger partial charge in [0.05, 0.1) is 18.2 Å². The molecule has 1 N–H and O–H groups in total. The SMILES string of the molecule is CCCC(C(=O)NCC1(COC)CCCN1C(=O)CC1C=CCC1)N(C)C. The van der Waals surface area contributed by atoms with E-state index in [1.54, 1.807) is 7.11 Å². The summed E-state index contributed by atoms with van der Waals surface area (Å²) in [5.41, 5.74) is -0.424. The number of rotatable bonds is 10. The summed E-state index contributed by atoms with van der Waals surface area (Å²) >= 11 is 0. The van der Waals surface area contributed by atoms with Crippen LogP contribution in [0.25, 0.3) is 0 Å². The van der Waals surface area contributed by atoms with Crippen LogP contribution in [0.15, 0.2) is 12.2 Å². The van der Waals surface area contributed by atoms with Crippen molar-refractivity contribution in [2.75, 3.05) is 40.9 Å². The van der Waals surface area contributed by atoms with Gasteiger partial charge < -0.3 is 15.0 Å². The minimum absolute atomic E-state index is 0.0374. The summed E-state index contributed by atoms with van der Waals surface area (Å²) in [5, 5.41) is 3.13. The monoisotopic (exact) mass is 379 g/mol. The normalized spacial score (nSPS) is 26.0. The molecule has 0 saturated carbocycles. The van der Waals surface area contributed by atoms with Gasteiger partial charge in [0.1, 0.15) is 0 Å². The van der Waals surface area contributed by atoms with E-state index in [-0.39, 0.29) is 17.9 Å². The zero-order valence-corrected chi connectivity index (χ0v) is 17.5. The van der Waals surface area contributed by atoms with Crippen LogP contribution in [0.1, 0.15) is 51.9 Å². The zero-order valence-electron chi connectivity index (χ0n) is 17.5. The van der Waals surface area contributed by atoms with E-state index in [1.807, 2.05) is 23.9 Å². The van der Waals surface area contributed by atoms with E-state index in [4.69, 9.17) is 4.74 Å². The molecule has 0 aromatic carbocycles. The second-order valence-corrected chi connectivity index (χ2v) is 8.26. The quantitative estimate of drug-likeness (QED) is 0.591. The Balaban J connectivity index is 2.04. The molecule has 0 spiro atoms. The first-order chi connectivity index (χ1) is 12.9. The van der Waals surface area contributed by atoms with Crippen LogP contribution in [0.3, 0.4) is 0 Å². The molecule has 6 heteroatoms. The lowest BCUT2D eigenvalue weighted by atomic mass is 9.95. The highest BCUT2D eigenvalue weighted by Gasteiger charge is 2.44. The van der Waals surface area contributed by atoms with Gasteiger partial charge in [0.25, 0.3) is 0 Å². The Morgan fingerprint density at radius 1 is 1.41 bits per heavy atom. The molecule has 2 amide bonds. The van der Waals surface area contributed by atoms with Gasteiger partial charge in [-0.05, 0) is 52.1 Å². The molecule has 154 valence electrons. The molecule has 1 heterocycles. The number of hydrogen-bond acceptors (Lipinski definition) is 4. The van der Waals surface area contributed by atoms with Crippen molar-refractivity contribution >= 4 is 11.8 Å². The Morgan fingerprint density at radius 3 is 2.78 bits per heavy atom. The number of allylic oxidation sites excluding steroid dienone is 2. The number of carbonyl (C=O) groups excluding carboxylic acids is 2. The molecule has 1 aliphatic carbocycles. The van der Waals surface area contributed by atoms with Crippen molar-refractivity contribution in [3.05, 3.63) is 12.2 Å². The molecule has 0 radical (unpaired) electrons. The van der Waals surface area contributed by atoms with Crippen LogP contribution in [0.5, 0.6) is 0 Å². The Bertz CT molecular complexity index is 535. The van der Waals surface area contributed by atoms with E-state index in [0.29, 0.717) is 25.5 Å². The van der Waals surface area contributed by atoms with Gasteiger partial charge in [-0.1, -0.05) is 25.5 Å². The molecule has 0 aromatic heterocycles. The summed E-state index contributed by atoms with van der Waals surface area (Å²) in [6.45, 7) is 3.76. The van der Waals surface area contributed by atoms with Crippen LogP contribution in [0.4, 0.5) is 0 Å². The van der Waals surface area contributed by atoms with Crippen LogP contribution in [-0.2, 0) is 14.3 Å². The van der Waals surface area contributed by atoms with Crippen LogP contribution in [-0.4, -0.2) is 74.1 Å². The number of nitrogens with zero attached hydrogens (tertiary/aromatic N) is 2. The number of carbonyl (C=O) groups is 2. The number of likely N-dealkylation sites (tertiary alicyclic amines) is 1. The van der Waals surface area contributed by atoms with Gasteiger partial charge in [0.15, 0.2) is 0 Å². The van der Waals surface area contributed by atoms with Gasteiger partial charge in [-0.2, -0.15) is 0 Å². The molecule has 1 fully saturated rings. The standard InChI is InChI=1S/C21H37N3O3/c1-5-9-18(23(2)3)20(26)22-15-21(16-27-4)12-8-13-24(21)19(25)14-17-10-6-7-11-17/h6,10,17-18H,5,7-9,11-16H2,1-4H3,(H,22,26). The first-order valence-electron chi connectivity index (χ1n) is 10.3. The minimum atomic E-state index is -0.424. The lowest BCUT2D eigenvalue weighted by Crippen LogP contribution is -2.58. The highest BCUT2D eigenvalue weighted by atomic mass is 16.5. The van der Waals surface area contributed by atoms with Crippen molar-refractivity contribution in [3.8, 4) is 0 Å². The Morgan fingerprint density at radius 2 is 2.19 bits per heavy atom.